The van der Waals surface area contributed by atoms with Gasteiger partial charge in [-0.1, -0.05) is 44.2 Å². The average molecular weight is 316 g/mol. The van der Waals surface area contributed by atoms with Crippen molar-refractivity contribution >= 4 is 11.8 Å². The molecule has 6 heteroatoms. The molecular formula is C17H20N2O4. The molecule has 1 heterocycles. The molecule has 0 bridgehead atoms. The standard InChI is InChI=1S/C17H20N2O4/c1-12(2)15(18-16(20)14-9-6-10-22-14)17(21)19-23-11-13-7-4-3-5-8-13/h3-10,12,15H,11H2,1-2H3,(H,18,20)(H,19,21). The molecule has 0 aliphatic carbocycles. The third-order valence-electron chi connectivity index (χ3n) is 3.24. The molecular weight excluding hydrogens is 296 g/mol. The van der Waals surface area contributed by atoms with Crippen molar-refractivity contribution in [3.63, 3.8) is 0 Å². The molecule has 2 amide bonds. The van der Waals surface area contributed by atoms with Gasteiger partial charge in [-0.15, -0.1) is 0 Å². The van der Waals surface area contributed by atoms with Crippen LogP contribution in [0.1, 0.15) is 30.0 Å². The third kappa shape index (κ3) is 4.96. The quantitative estimate of drug-likeness (QED) is 0.768. The Hall–Kier alpha value is -2.60. The smallest absolute Gasteiger partial charge is 0.287 e. The number of nitrogens with one attached hydrogen (secondary N) is 2. The largest absolute Gasteiger partial charge is 0.459 e. The highest BCUT2D eigenvalue weighted by molar-refractivity contribution is 5.95. The van der Waals surface area contributed by atoms with E-state index in [0.29, 0.717) is 0 Å². The van der Waals surface area contributed by atoms with Crippen molar-refractivity contribution in [3.05, 3.63) is 60.1 Å². The lowest BCUT2D eigenvalue weighted by Crippen LogP contribution is -2.49. The second-order valence-electron chi connectivity index (χ2n) is 5.41. The van der Waals surface area contributed by atoms with Crippen molar-refractivity contribution in [2.24, 2.45) is 5.92 Å². The lowest BCUT2D eigenvalue weighted by atomic mass is 10.0. The summed E-state index contributed by atoms with van der Waals surface area (Å²) in [7, 11) is 0. The third-order valence-corrected chi connectivity index (χ3v) is 3.24. The number of hydrogen-bond acceptors (Lipinski definition) is 4. The fourth-order valence-electron chi connectivity index (χ4n) is 1.98. The summed E-state index contributed by atoms with van der Waals surface area (Å²) in [5.74, 6) is -0.786. The van der Waals surface area contributed by atoms with Crippen molar-refractivity contribution in [1.82, 2.24) is 10.8 Å². The van der Waals surface area contributed by atoms with Gasteiger partial charge in [0.1, 0.15) is 6.04 Å². The van der Waals surface area contributed by atoms with E-state index in [0.717, 1.165) is 5.56 Å². The molecule has 6 nitrogen and oxygen atoms in total. The maximum absolute atomic E-state index is 12.2. The van der Waals surface area contributed by atoms with Crippen molar-refractivity contribution in [1.29, 1.82) is 0 Å². The van der Waals surface area contributed by atoms with Crippen molar-refractivity contribution in [2.45, 2.75) is 26.5 Å². The van der Waals surface area contributed by atoms with E-state index in [9.17, 15) is 9.59 Å². The van der Waals surface area contributed by atoms with E-state index >= 15 is 0 Å². The van der Waals surface area contributed by atoms with Gasteiger partial charge < -0.3 is 9.73 Å². The number of hydrogen-bond donors (Lipinski definition) is 2. The molecule has 2 aromatic rings. The van der Waals surface area contributed by atoms with Crippen LogP contribution in [0.4, 0.5) is 0 Å². The number of rotatable bonds is 7. The van der Waals surface area contributed by atoms with Crippen molar-refractivity contribution in [2.75, 3.05) is 0 Å². The van der Waals surface area contributed by atoms with Crippen LogP contribution in [0, 0.1) is 5.92 Å². The minimum atomic E-state index is -0.719. The van der Waals surface area contributed by atoms with E-state index in [1.807, 2.05) is 44.2 Å². The van der Waals surface area contributed by atoms with E-state index in [2.05, 4.69) is 10.8 Å². The number of benzene rings is 1. The summed E-state index contributed by atoms with van der Waals surface area (Å²) in [6.45, 7) is 3.93. The number of carbonyl (C=O) groups is 2. The first-order chi connectivity index (χ1) is 11.1. The Morgan fingerprint density at radius 3 is 2.48 bits per heavy atom. The normalized spacial score (nSPS) is 12.0. The van der Waals surface area contributed by atoms with E-state index in [4.69, 9.17) is 9.25 Å². The molecule has 0 aliphatic heterocycles. The minimum absolute atomic E-state index is 0.103. The first-order valence-electron chi connectivity index (χ1n) is 7.38. The molecule has 23 heavy (non-hydrogen) atoms. The predicted octanol–water partition coefficient (Wildman–Crippen LogP) is 2.28. The number of hydroxylamine groups is 1. The Morgan fingerprint density at radius 1 is 1.13 bits per heavy atom. The van der Waals surface area contributed by atoms with Gasteiger partial charge in [0.25, 0.3) is 11.8 Å². The predicted molar refractivity (Wildman–Crippen MR) is 84.2 cm³/mol. The Bertz CT molecular complexity index is 623. The fraction of sp³-hybridized carbons (Fsp3) is 0.294. The minimum Gasteiger partial charge on any atom is -0.459 e. The summed E-state index contributed by atoms with van der Waals surface area (Å²) < 4.78 is 5.02. The van der Waals surface area contributed by atoms with Gasteiger partial charge in [-0.25, -0.2) is 5.48 Å². The molecule has 122 valence electrons. The van der Waals surface area contributed by atoms with Gasteiger partial charge in [-0.2, -0.15) is 0 Å². The Labute approximate surface area is 134 Å². The van der Waals surface area contributed by atoms with Crippen LogP contribution in [0.15, 0.2) is 53.1 Å². The number of furan rings is 1. The van der Waals surface area contributed by atoms with Crippen LogP contribution in [0.5, 0.6) is 0 Å². The van der Waals surface area contributed by atoms with Crippen molar-refractivity contribution in [3.8, 4) is 0 Å². The van der Waals surface area contributed by atoms with Crippen LogP contribution in [-0.4, -0.2) is 17.9 Å². The molecule has 1 atom stereocenters. The van der Waals surface area contributed by atoms with Gasteiger partial charge in [-0.3, -0.25) is 14.4 Å². The summed E-state index contributed by atoms with van der Waals surface area (Å²) in [5, 5.41) is 2.64. The molecule has 2 rings (SSSR count). The Balaban J connectivity index is 1.87. The molecule has 2 N–H and O–H groups in total. The molecule has 1 aromatic heterocycles. The van der Waals surface area contributed by atoms with Crippen LogP contribution in [0.2, 0.25) is 0 Å². The average Bonchev–Trinajstić information content (AvgIpc) is 3.07. The van der Waals surface area contributed by atoms with Gasteiger partial charge in [0, 0.05) is 0 Å². The van der Waals surface area contributed by atoms with Gasteiger partial charge >= 0.3 is 0 Å². The molecule has 0 aliphatic rings. The highest BCUT2D eigenvalue weighted by Crippen LogP contribution is 2.06. The maximum atomic E-state index is 12.2. The first kappa shape index (κ1) is 16.8. The van der Waals surface area contributed by atoms with Crippen LogP contribution in [-0.2, 0) is 16.2 Å². The summed E-state index contributed by atoms with van der Waals surface area (Å²) in [6, 6.07) is 11.9. The van der Waals surface area contributed by atoms with Crippen LogP contribution >= 0.6 is 0 Å². The van der Waals surface area contributed by atoms with Gasteiger partial charge in [0.15, 0.2) is 5.76 Å². The van der Waals surface area contributed by atoms with Gasteiger partial charge in [0.2, 0.25) is 0 Å². The van der Waals surface area contributed by atoms with Gasteiger partial charge in [0.05, 0.1) is 12.9 Å². The van der Waals surface area contributed by atoms with E-state index in [1.165, 1.54) is 12.3 Å². The lowest BCUT2D eigenvalue weighted by Gasteiger charge is -2.20. The fourth-order valence-corrected chi connectivity index (χ4v) is 1.98. The first-order valence-corrected chi connectivity index (χ1v) is 7.38. The van der Waals surface area contributed by atoms with Crippen molar-refractivity contribution < 1.29 is 18.8 Å². The van der Waals surface area contributed by atoms with Gasteiger partial charge in [-0.05, 0) is 23.6 Å². The number of carbonyl (C=O) groups excluding carboxylic acids is 2. The zero-order valence-electron chi connectivity index (χ0n) is 13.1. The topological polar surface area (TPSA) is 80.6 Å². The Morgan fingerprint density at radius 2 is 1.87 bits per heavy atom. The van der Waals surface area contributed by atoms with E-state index in [1.54, 1.807) is 6.07 Å². The Kier molecular flexibility index (Phi) is 5.94. The lowest BCUT2D eigenvalue weighted by molar-refractivity contribution is -0.137. The van der Waals surface area contributed by atoms with E-state index in [-0.39, 0.29) is 18.3 Å². The zero-order chi connectivity index (χ0) is 16.7. The molecule has 0 saturated heterocycles. The number of amides is 2. The van der Waals surface area contributed by atoms with Crippen LogP contribution < -0.4 is 10.8 Å². The second kappa shape index (κ2) is 8.14. The molecule has 0 radical (unpaired) electrons. The van der Waals surface area contributed by atoms with E-state index < -0.39 is 17.9 Å². The summed E-state index contributed by atoms with van der Waals surface area (Å²) in [5.41, 5.74) is 3.32. The van der Waals surface area contributed by atoms with Crippen LogP contribution in [0.25, 0.3) is 0 Å². The zero-order valence-corrected chi connectivity index (χ0v) is 13.1. The molecule has 0 saturated carbocycles. The highest BCUT2D eigenvalue weighted by Gasteiger charge is 2.25. The monoisotopic (exact) mass is 316 g/mol. The molecule has 0 fully saturated rings. The molecule has 1 unspecified atom stereocenters. The second-order valence-corrected chi connectivity index (χ2v) is 5.41. The maximum Gasteiger partial charge on any atom is 0.287 e. The molecule has 1 aromatic carbocycles. The molecule has 0 spiro atoms. The SMILES string of the molecule is CC(C)C(NC(=O)c1ccco1)C(=O)NOCc1ccccc1. The summed E-state index contributed by atoms with van der Waals surface area (Å²) >= 11 is 0. The summed E-state index contributed by atoms with van der Waals surface area (Å²) in [4.78, 5) is 29.4. The summed E-state index contributed by atoms with van der Waals surface area (Å²) in [6.07, 6.45) is 1.41. The van der Waals surface area contributed by atoms with Crippen LogP contribution in [0.3, 0.4) is 0 Å². The highest BCUT2D eigenvalue weighted by atomic mass is 16.6.